The number of pyridine rings is 1. The van der Waals surface area contributed by atoms with Crippen LogP contribution in [0, 0.1) is 17.8 Å². The Bertz CT molecular complexity index is 694. The van der Waals surface area contributed by atoms with Crippen LogP contribution in [0.1, 0.15) is 32.8 Å². The van der Waals surface area contributed by atoms with E-state index in [1.165, 1.54) is 10.5 Å². The molecule has 1 aliphatic heterocycles. The molecule has 0 aliphatic carbocycles. The molecule has 2 rings (SSSR count). The van der Waals surface area contributed by atoms with Gasteiger partial charge in [-0.05, 0) is 30.4 Å². The Kier molecular flexibility index (Phi) is 4.08. The Balaban J connectivity index is 2.39. The van der Waals surface area contributed by atoms with Gasteiger partial charge in [0.25, 0.3) is 0 Å². The maximum absolute atomic E-state index is 12.7. The molecule has 0 bridgehead atoms. The fourth-order valence-corrected chi connectivity index (χ4v) is 4.45. The Morgan fingerprint density at radius 1 is 1.36 bits per heavy atom. The van der Waals surface area contributed by atoms with Crippen LogP contribution in [0.4, 0.5) is 0 Å². The van der Waals surface area contributed by atoms with Crippen LogP contribution in [0.2, 0.25) is 0 Å². The lowest BCUT2D eigenvalue weighted by Gasteiger charge is -2.37. The highest BCUT2D eigenvalue weighted by atomic mass is 32.2. The lowest BCUT2D eigenvalue weighted by atomic mass is 9.66. The topological polar surface area (TPSA) is 87.6 Å². The van der Waals surface area contributed by atoms with Gasteiger partial charge in [-0.15, -0.1) is 0 Å². The number of aliphatic carboxylic acids is 1. The number of aromatic nitrogens is 1. The zero-order valence-corrected chi connectivity index (χ0v) is 14.1. The molecule has 1 fully saturated rings. The van der Waals surface area contributed by atoms with E-state index in [0.29, 0.717) is 6.42 Å². The van der Waals surface area contributed by atoms with Crippen molar-refractivity contribution in [2.75, 3.05) is 13.1 Å². The van der Waals surface area contributed by atoms with Crippen molar-refractivity contribution in [1.82, 2.24) is 9.29 Å². The van der Waals surface area contributed by atoms with E-state index in [1.54, 1.807) is 19.2 Å². The number of rotatable bonds is 3. The van der Waals surface area contributed by atoms with Crippen molar-refractivity contribution < 1.29 is 18.3 Å². The van der Waals surface area contributed by atoms with E-state index in [4.69, 9.17) is 0 Å². The molecule has 1 aromatic rings. The molecule has 1 saturated heterocycles. The van der Waals surface area contributed by atoms with Crippen molar-refractivity contribution in [3.63, 3.8) is 0 Å². The minimum atomic E-state index is -3.72. The minimum absolute atomic E-state index is 0.0118. The van der Waals surface area contributed by atoms with Gasteiger partial charge >= 0.3 is 5.97 Å². The first kappa shape index (κ1) is 16.9. The number of carbonyl (C=O) groups is 1. The summed E-state index contributed by atoms with van der Waals surface area (Å²) < 4.78 is 26.7. The van der Waals surface area contributed by atoms with Crippen LogP contribution in [-0.2, 0) is 14.8 Å². The average molecular weight is 326 g/mol. The van der Waals surface area contributed by atoms with Crippen molar-refractivity contribution in [2.45, 2.75) is 39.0 Å². The number of sulfonamides is 1. The highest BCUT2D eigenvalue weighted by molar-refractivity contribution is 7.89. The van der Waals surface area contributed by atoms with Gasteiger partial charge < -0.3 is 5.11 Å². The molecule has 0 spiro atoms. The van der Waals surface area contributed by atoms with Crippen molar-refractivity contribution >= 4 is 16.0 Å². The number of carboxylic acid groups (broad SMARTS) is 1. The van der Waals surface area contributed by atoms with Crippen molar-refractivity contribution in [3.8, 4) is 0 Å². The summed E-state index contributed by atoms with van der Waals surface area (Å²) in [5, 5.41) is 9.66. The van der Waals surface area contributed by atoms with E-state index in [2.05, 4.69) is 4.98 Å². The van der Waals surface area contributed by atoms with Gasteiger partial charge in [0, 0.05) is 25.5 Å². The second kappa shape index (κ2) is 5.31. The summed E-state index contributed by atoms with van der Waals surface area (Å²) in [5.74, 6) is -0.944. The first-order valence-corrected chi connectivity index (χ1v) is 8.60. The molecule has 0 radical (unpaired) electrons. The highest BCUT2D eigenvalue weighted by Gasteiger charge is 2.55. The zero-order chi connectivity index (χ0) is 16.8. The van der Waals surface area contributed by atoms with Gasteiger partial charge in [0.05, 0.1) is 5.41 Å². The summed E-state index contributed by atoms with van der Waals surface area (Å²) in [7, 11) is -3.72. The molecule has 7 heteroatoms. The van der Waals surface area contributed by atoms with Gasteiger partial charge in [0.1, 0.15) is 4.90 Å². The molecule has 22 heavy (non-hydrogen) atoms. The van der Waals surface area contributed by atoms with E-state index >= 15 is 0 Å². The van der Waals surface area contributed by atoms with Gasteiger partial charge in [-0.2, -0.15) is 4.31 Å². The van der Waals surface area contributed by atoms with Crippen LogP contribution in [0.15, 0.2) is 23.4 Å². The van der Waals surface area contributed by atoms with Crippen molar-refractivity contribution in [3.05, 3.63) is 24.0 Å². The van der Waals surface area contributed by atoms with Gasteiger partial charge in [-0.3, -0.25) is 9.78 Å². The summed E-state index contributed by atoms with van der Waals surface area (Å²) in [5.41, 5.74) is -0.855. The van der Waals surface area contributed by atoms with E-state index < -0.39 is 26.8 Å². The van der Waals surface area contributed by atoms with Crippen LogP contribution in [-0.4, -0.2) is 41.9 Å². The molecule has 0 aromatic carbocycles. The summed E-state index contributed by atoms with van der Waals surface area (Å²) in [6.07, 6.45) is 3.20. The monoisotopic (exact) mass is 326 g/mol. The smallest absolute Gasteiger partial charge is 0.311 e. The fourth-order valence-electron chi connectivity index (χ4n) is 2.90. The normalized spacial score (nSPS) is 23.6. The molecule has 1 atom stereocenters. The SMILES string of the molecule is Cc1cncc(S(=O)(=O)N2CCC(C(=O)O)(C(C)(C)C)C2)c1. The molecule has 1 aliphatic rings. The molecule has 1 aromatic heterocycles. The Labute approximate surface area is 131 Å². The fraction of sp³-hybridized carbons (Fsp3) is 0.600. The molecule has 1 N–H and O–H groups in total. The van der Waals surface area contributed by atoms with Crippen LogP contribution >= 0.6 is 0 Å². The largest absolute Gasteiger partial charge is 0.481 e. The molecular formula is C15H22N2O4S. The third-order valence-corrected chi connectivity index (χ3v) is 6.38. The summed E-state index contributed by atoms with van der Waals surface area (Å²) in [6, 6.07) is 1.56. The number of hydrogen-bond acceptors (Lipinski definition) is 4. The Hall–Kier alpha value is -1.47. The minimum Gasteiger partial charge on any atom is -0.481 e. The first-order valence-electron chi connectivity index (χ1n) is 7.16. The van der Waals surface area contributed by atoms with Crippen LogP contribution in [0.3, 0.4) is 0 Å². The van der Waals surface area contributed by atoms with Gasteiger partial charge in [0.2, 0.25) is 10.0 Å². The van der Waals surface area contributed by atoms with Crippen LogP contribution in [0.25, 0.3) is 0 Å². The molecule has 2 heterocycles. The summed E-state index contributed by atoms with van der Waals surface area (Å²) >= 11 is 0. The van der Waals surface area contributed by atoms with Gasteiger partial charge in [0.15, 0.2) is 0 Å². The van der Waals surface area contributed by atoms with E-state index in [0.717, 1.165) is 5.56 Å². The van der Waals surface area contributed by atoms with Gasteiger partial charge in [-0.25, -0.2) is 8.42 Å². The Morgan fingerprint density at radius 2 is 2.00 bits per heavy atom. The molecule has 0 saturated carbocycles. The zero-order valence-electron chi connectivity index (χ0n) is 13.3. The molecular weight excluding hydrogens is 304 g/mol. The predicted octanol–water partition coefficient (Wildman–Crippen LogP) is 1.90. The van der Waals surface area contributed by atoms with E-state index in [1.807, 2.05) is 20.8 Å². The molecule has 1 unspecified atom stereocenters. The van der Waals surface area contributed by atoms with Crippen LogP contribution < -0.4 is 0 Å². The standard InChI is InChI=1S/C15H22N2O4S/c1-11-7-12(9-16-8-11)22(20,21)17-6-5-15(10-17,13(18)19)14(2,3)4/h7-9H,5-6,10H2,1-4H3,(H,18,19). The third kappa shape index (κ3) is 2.63. The Morgan fingerprint density at radius 3 is 2.45 bits per heavy atom. The van der Waals surface area contributed by atoms with Crippen LogP contribution in [0.5, 0.6) is 0 Å². The number of aryl methyl sites for hydroxylation is 1. The highest BCUT2D eigenvalue weighted by Crippen LogP contribution is 2.47. The molecule has 122 valence electrons. The average Bonchev–Trinajstić information content (AvgIpc) is 2.85. The quantitative estimate of drug-likeness (QED) is 0.916. The lowest BCUT2D eigenvalue weighted by Crippen LogP contribution is -2.46. The summed E-state index contributed by atoms with van der Waals surface area (Å²) in [4.78, 5) is 15.8. The maximum atomic E-state index is 12.7. The van der Waals surface area contributed by atoms with E-state index in [-0.39, 0.29) is 18.0 Å². The molecule has 6 nitrogen and oxygen atoms in total. The van der Waals surface area contributed by atoms with Crippen molar-refractivity contribution in [2.24, 2.45) is 10.8 Å². The predicted molar refractivity (Wildman–Crippen MR) is 81.9 cm³/mol. The first-order chi connectivity index (χ1) is 10.0. The van der Waals surface area contributed by atoms with Crippen molar-refractivity contribution in [1.29, 1.82) is 0 Å². The maximum Gasteiger partial charge on any atom is 0.311 e. The third-order valence-electron chi connectivity index (χ3n) is 4.57. The number of carboxylic acids is 1. The number of hydrogen-bond donors (Lipinski definition) is 1. The lowest BCUT2D eigenvalue weighted by molar-refractivity contribution is -0.154. The van der Waals surface area contributed by atoms with E-state index in [9.17, 15) is 18.3 Å². The summed E-state index contributed by atoms with van der Waals surface area (Å²) in [6.45, 7) is 7.48. The second-order valence-corrected chi connectivity index (χ2v) is 8.86. The second-order valence-electron chi connectivity index (χ2n) is 6.92. The molecule has 0 amide bonds. The van der Waals surface area contributed by atoms with Gasteiger partial charge in [-0.1, -0.05) is 20.8 Å². The number of nitrogens with zero attached hydrogens (tertiary/aromatic N) is 2.